The van der Waals surface area contributed by atoms with Crippen LogP contribution in [0.3, 0.4) is 0 Å². The van der Waals surface area contributed by atoms with Crippen LogP contribution in [0.4, 0.5) is 0 Å². The van der Waals surface area contributed by atoms with Gasteiger partial charge in [-0.1, -0.05) is 6.58 Å². The number of carbonyl (C=O) groups excluding carboxylic acids is 2. The lowest BCUT2D eigenvalue weighted by Gasteiger charge is -2.54. The van der Waals surface area contributed by atoms with Gasteiger partial charge in [0.2, 0.25) is 0 Å². The van der Waals surface area contributed by atoms with Crippen molar-refractivity contribution < 1.29 is 14.3 Å². The second-order valence-electron chi connectivity index (χ2n) is 6.10. The minimum absolute atomic E-state index is 0.152. The van der Waals surface area contributed by atoms with Crippen molar-refractivity contribution >= 4 is 11.8 Å². The summed E-state index contributed by atoms with van der Waals surface area (Å²) in [6.07, 6.45) is 4.48. The Morgan fingerprint density at radius 3 is 2.41 bits per heavy atom. The van der Waals surface area contributed by atoms with Gasteiger partial charge >= 0.3 is 5.97 Å². The predicted octanol–water partition coefficient (Wildman–Crippen LogP) is 2.25. The van der Waals surface area contributed by atoms with Crippen LogP contribution >= 0.6 is 0 Å². The molecule has 2 unspecified atom stereocenters. The molecule has 4 rings (SSSR count). The van der Waals surface area contributed by atoms with E-state index in [0.29, 0.717) is 17.3 Å². The van der Waals surface area contributed by atoms with Crippen LogP contribution in [0, 0.1) is 17.8 Å². The van der Waals surface area contributed by atoms with Crippen molar-refractivity contribution in [1.82, 2.24) is 0 Å². The molecule has 0 aromatic heterocycles. The lowest BCUT2D eigenvalue weighted by atomic mass is 9.53. The van der Waals surface area contributed by atoms with Crippen LogP contribution < -0.4 is 0 Å². The quantitative estimate of drug-likeness (QED) is 0.543. The molecule has 4 saturated carbocycles. The maximum Gasteiger partial charge on any atom is 0.333 e. The molecular weight excluding hydrogens is 216 g/mol. The summed E-state index contributed by atoms with van der Waals surface area (Å²) in [4.78, 5) is 23.7. The van der Waals surface area contributed by atoms with Gasteiger partial charge in [0, 0.05) is 17.4 Å². The molecule has 0 amide bonds. The molecule has 0 saturated heterocycles. The van der Waals surface area contributed by atoms with E-state index in [1.165, 1.54) is 0 Å². The molecule has 17 heavy (non-hydrogen) atoms. The van der Waals surface area contributed by atoms with Crippen LogP contribution in [0.5, 0.6) is 0 Å². The molecule has 4 aliphatic carbocycles. The van der Waals surface area contributed by atoms with E-state index in [9.17, 15) is 9.59 Å². The van der Waals surface area contributed by atoms with E-state index in [4.69, 9.17) is 4.74 Å². The molecule has 3 nitrogen and oxygen atoms in total. The van der Waals surface area contributed by atoms with Crippen LogP contribution in [-0.4, -0.2) is 17.4 Å². The van der Waals surface area contributed by atoms with Gasteiger partial charge in [0.15, 0.2) is 0 Å². The molecule has 0 aromatic carbocycles. The average Bonchev–Trinajstić information content (AvgIpc) is 2.23. The molecule has 0 heterocycles. The minimum Gasteiger partial charge on any atom is -0.456 e. The van der Waals surface area contributed by atoms with Gasteiger partial charge < -0.3 is 4.74 Å². The number of esters is 1. The van der Waals surface area contributed by atoms with E-state index < -0.39 is 0 Å². The number of rotatable bonds is 2. The van der Waals surface area contributed by atoms with Crippen molar-refractivity contribution in [3.8, 4) is 0 Å². The molecule has 4 aliphatic rings. The minimum atomic E-state index is -0.347. The Morgan fingerprint density at radius 2 is 1.88 bits per heavy atom. The topological polar surface area (TPSA) is 43.4 Å². The van der Waals surface area contributed by atoms with Crippen molar-refractivity contribution in [2.45, 2.75) is 44.6 Å². The lowest BCUT2D eigenvalue weighted by Crippen LogP contribution is -2.56. The van der Waals surface area contributed by atoms with E-state index in [1.54, 1.807) is 6.92 Å². The summed E-state index contributed by atoms with van der Waals surface area (Å²) >= 11 is 0. The van der Waals surface area contributed by atoms with Gasteiger partial charge in [-0.25, -0.2) is 4.79 Å². The Bertz CT molecular complexity index is 392. The second-order valence-corrected chi connectivity index (χ2v) is 6.10. The fraction of sp³-hybridized carbons (Fsp3) is 0.714. The monoisotopic (exact) mass is 234 g/mol. The molecule has 0 N–H and O–H groups in total. The number of hydrogen-bond donors (Lipinski definition) is 0. The summed E-state index contributed by atoms with van der Waals surface area (Å²) in [5, 5.41) is 0. The van der Waals surface area contributed by atoms with Crippen molar-refractivity contribution in [1.29, 1.82) is 0 Å². The van der Waals surface area contributed by atoms with Crippen molar-refractivity contribution in [2.24, 2.45) is 17.8 Å². The molecule has 0 spiro atoms. The lowest BCUT2D eigenvalue weighted by molar-refractivity contribution is -0.186. The number of carbonyl (C=O) groups is 2. The third-order valence-corrected chi connectivity index (χ3v) is 4.60. The molecule has 0 aliphatic heterocycles. The van der Waals surface area contributed by atoms with E-state index in [2.05, 4.69) is 6.58 Å². The number of ether oxygens (including phenoxy) is 1. The first-order valence-corrected chi connectivity index (χ1v) is 6.42. The van der Waals surface area contributed by atoms with Crippen LogP contribution in [0.25, 0.3) is 0 Å². The Kier molecular flexibility index (Phi) is 2.22. The Morgan fingerprint density at radius 1 is 1.29 bits per heavy atom. The molecule has 3 heteroatoms. The van der Waals surface area contributed by atoms with Gasteiger partial charge in [-0.05, 0) is 44.9 Å². The molecule has 0 radical (unpaired) electrons. The highest BCUT2D eigenvalue weighted by Crippen LogP contribution is 2.55. The zero-order valence-electron chi connectivity index (χ0n) is 10.2. The Labute approximate surface area is 101 Å². The van der Waals surface area contributed by atoms with Crippen LogP contribution in [0.15, 0.2) is 12.2 Å². The second kappa shape index (κ2) is 3.44. The molecule has 92 valence electrons. The van der Waals surface area contributed by atoms with Crippen LogP contribution in [-0.2, 0) is 14.3 Å². The maximum atomic E-state index is 12.0. The summed E-state index contributed by atoms with van der Waals surface area (Å²) in [5.74, 6) is 1.02. The summed E-state index contributed by atoms with van der Waals surface area (Å²) in [5.41, 5.74) is 0.104. The van der Waals surface area contributed by atoms with Crippen molar-refractivity contribution in [3.05, 3.63) is 12.2 Å². The maximum absolute atomic E-state index is 12.0. The van der Waals surface area contributed by atoms with Crippen molar-refractivity contribution in [3.63, 3.8) is 0 Å². The van der Waals surface area contributed by atoms with Gasteiger partial charge in [-0.3, -0.25) is 4.79 Å². The zero-order valence-corrected chi connectivity index (χ0v) is 10.2. The molecular formula is C14H18O3. The summed E-state index contributed by atoms with van der Waals surface area (Å²) in [7, 11) is 0. The number of ketones is 1. The summed E-state index contributed by atoms with van der Waals surface area (Å²) in [6.45, 7) is 5.30. The third-order valence-electron chi connectivity index (χ3n) is 4.60. The highest BCUT2D eigenvalue weighted by Gasteiger charge is 2.57. The number of Topliss-reactive ketones (excluding diaryl/α,β-unsaturated/α-hetero) is 1. The van der Waals surface area contributed by atoms with Crippen LogP contribution in [0.1, 0.15) is 39.0 Å². The third kappa shape index (κ3) is 1.63. The molecule has 4 atom stereocenters. The van der Waals surface area contributed by atoms with E-state index in [1.807, 2.05) is 0 Å². The van der Waals surface area contributed by atoms with Crippen molar-refractivity contribution in [2.75, 3.05) is 0 Å². The highest BCUT2D eigenvalue weighted by molar-refractivity contribution is 5.88. The Hall–Kier alpha value is -1.12. The fourth-order valence-electron chi connectivity index (χ4n) is 4.08. The SMILES string of the molecule is C=C(C)C(=O)OC12CC3C[C@H](C1)C(=O)[C@@H](C3)C2. The number of hydrogen-bond acceptors (Lipinski definition) is 3. The largest absolute Gasteiger partial charge is 0.456 e. The first-order valence-electron chi connectivity index (χ1n) is 6.42. The normalized spacial score (nSPS) is 42.6. The predicted molar refractivity (Wildman–Crippen MR) is 62.2 cm³/mol. The molecule has 4 fully saturated rings. The van der Waals surface area contributed by atoms with E-state index in [-0.39, 0.29) is 23.4 Å². The highest BCUT2D eigenvalue weighted by atomic mass is 16.6. The zero-order chi connectivity index (χ0) is 12.2. The van der Waals surface area contributed by atoms with Gasteiger partial charge in [0.25, 0.3) is 0 Å². The van der Waals surface area contributed by atoms with Gasteiger partial charge in [0.05, 0.1) is 0 Å². The average molecular weight is 234 g/mol. The standard InChI is InChI=1S/C14H18O3/c1-8(2)13(16)17-14-5-9-3-10(6-14)12(15)11(4-9)7-14/h9-11H,1,3-7H2,2H3/t9?,10-,11+,14?. The van der Waals surface area contributed by atoms with Gasteiger partial charge in [-0.2, -0.15) is 0 Å². The summed E-state index contributed by atoms with van der Waals surface area (Å²) in [6, 6.07) is 0. The Balaban J connectivity index is 1.83. The van der Waals surface area contributed by atoms with Gasteiger partial charge in [-0.15, -0.1) is 0 Å². The molecule has 4 bridgehead atoms. The van der Waals surface area contributed by atoms with Crippen LogP contribution in [0.2, 0.25) is 0 Å². The summed E-state index contributed by atoms with van der Waals surface area (Å²) < 4.78 is 5.67. The first-order chi connectivity index (χ1) is 7.99. The van der Waals surface area contributed by atoms with E-state index in [0.717, 1.165) is 32.1 Å². The van der Waals surface area contributed by atoms with E-state index >= 15 is 0 Å². The first kappa shape index (κ1) is 11.0. The molecule has 0 aromatic rings. The smallest absolute Gasteiger partial charge is 0.333 e. The fourth-order valence-corrected chi connectivity index (χ4v) is 4.08. The van der Waals surface area contributed by atoms with Gasteiger partial charge in [0.1, 0.15) is 11.4 Å².